The Morgan fingerprint density at radius 2 is 2.46 bits per heavy atom. The third-order valence-electron chi connectivity index (χ3n) is 1.42. The molecule has 0 saturated heterocycles. The van der Waals surface area contributed by atoms with Crippen LogP contribution in [0, 0.1) is 6.92 Å². The Hall–Kier alpha value is -1.43. The van der Waals surface area contributed by atoms with Crippen LogP contribution >= 0.6 is 11.5 Å². The fourth-order valence-electron chi connectivity index (χ4n) is 0.885. The number of anilines is 1. The lowest BCUT2D eigenvalue weighted by Gasteiger charge is -1.95. The zero-order valence-electron chi connectivity index (χ0n) is 7.02. The second kappa shape index (κ2) is 3.53. The summed E-state index contributed by atoms with van der Waals surface area (Å²) in [5.41, 5.74) is 0. The van der Waals surface area contributed by atoms with Crippen LogP contribution in [-0.4, -0.2) is 14.3 Å². The van der Waals surface area contributed by atoms with Crippen LogP contribution in [0.2, 0.25) is 0 Å². The van der Waals surface area contributed by atoms with Crippen molar-refractivity contribution in [2.24, 2.45) is 0 Å². The van der Waals surface area contributed by atoms with Crippen molar-refractivity contribution in [1.29, 1.82) is 0 Å². The minimum Gasteiger partial charge on any atom is -0.444 e. The molecule has 1 N–H and O–H groups in total. The van der Waals surface area contributed by atoms with E-state index in [2.05, 4.69) is 19.7 Å². The van der Waals surface area contributed by atoms with E-state index in [1.54, 1.807) is 6.20 Å². The van der Waals surface area contributed by atoms with Gasteiger partial charge in [0.25, 0.3) is 0 Å². The number of aromatic nitrogens is 3. The van der Waals surface area contributed by atoms with Gasteiger partial charge < -0.3 is 9.73 Å². The molecule has 0 unspecified atom stereocenters. The molecule has 0 saturated carbocycles. The molecular weight excluding hydrogens is 188 g/mol. The zero-order valence-corrected chi connectivity index (χ0v) is 7.84. The molecule has 0 bridgehead atoms. The molecule has 2 aromatic heterocycles. The molecule has 6 heteroatoms. The van der Waals surface area contributed by atoms with Gasteiger partial charge in [0.15, 0.2) is 0 Å². The molecule has 2 aromatic rings. The van der Waals surface area contributed by atoms with Crippen molar-refractivity contribution < 1.29 is 4.42 Å². The van der Waals surface area contributed by atoms with E-state index in [1.807, 2.05) is 6.92 Å². The Kier molecular flexibility index (Phi) is 2.22. The first-order valence-corrected chi connectivity index (χ1v) is 4.54. The highest BCUT2D eigenvalue weighted by Gasteiger charge is 2.01. The first-order chi connectivity index (χ1) is 6.34. The Balaban J connectivity index is 1.93. The predicted octanol–water partition coefficient (Wildman–Crippen LogP) is 1.45. The van der Waals surface area contributed by atoms with Gasteiger partial charge in [0.05, 0.1) is 12.7 Å². The fourth-order valence-corrected chi connectivity index (χ4v) is 1.31. The molecule has 0 aliphatic heterocycles. The summed E-state index contributed by atoms with van der Waals surface area (Å²) in [5.74, 6) is 1.47. The molecule has 0 aliphatic carbocycles. The highest BCUT2D eigenvalue weighted by Crippen LogP contribution is 2.09. The quantitative estimate of drug-likeness (QED) is 0.804. The van der Waals surface area contributed by atoms with E-state index in [0.717, 1.165) is 10.9 Å². The second-order valence-electron chi connectivity index (χ2n) is 2.46. The molecule has 5 nitrogen and oxygen atoms in total. The van der Waals surface area contributed by atoms with Crippen molar-refractivity contribution in [3.63, 3.8) is 0 Å². The summed E-state index contributed by atoms with van der Waals surface area (Å²) in [7, 11) is 0. The standard InChI is InChI=1S/C7H8N4OS/c1-5-2-8-6(12-5)3-9-7-10-4-11-13-7/h2,4H,3H2,1H3,(H,9,10,11). The minimum absolute atomic E-state index is 0.545. The molecule has 2 heterocycles. The van der Waals surface area contributed by atoms with Crippen molar-refractivity contribution >= 4 is 16.7 Å². The van der Waals surface area contributed by atoms with Crippen molar-refractivity contribution in [2.75, 3.05) is 5.32 Å². The van der Waals surface area contributed by atoms with Crippen LogP contribution in [-0.2, 0) is 6.54 Å². The molecule has 13 heavy (non-hydrogen) atoms. The highest BCUT2D eigenvalue weighted by atomic mass is 32.1. The van der Waals surface area contributed by atoms with E-state index in [4.69, 9.17) is 4.42 Å². The average molecular weight is 196 g/mol. The SMILES string of the molecule is Cc1cnc(CNc2ncns2)o1. The molecule has 0 amide bonds. The number of nitrogens with zero attached hydrogens (tertiary/aromatic N) is 3. The number of nitrogens with one attached hydrogen (secondary N) is 1. The van der Waals surface area contributed by atoms with E-state index in [1.165, 1.54) is 17.9 Å². The van der Waals surface area contributed by atoms with Crippen molar-refractivity contribution in [1.82, 2.24) is 14.3 Å². The monoisotopic (exact) mass is 196 g/mol. The maximum absolute atomic E-state index is 5.26. The summed E-state index contributed by atoms with van der Waals surface area (Å²) in [5, 5.41) is 3.82. The van der Waals surface area contributed by atoms with Gasteiger partial charge in [0.1, 0.15) is 12.1 Å². The van der Waals surface area contributed by atoms with E-state index < -0.39 is 0 Å². The van der Waals surface area contributed by atoms with Crippen LogP contribution in [0.15, 0.2) is 16.9 Å². The van der Waals surface area contributed by atoms with Gasteiger partial charge >= 0.3 is 0 Å². The maximum Gasteiger partial charge on any atom is 0.213 e. The minimum atomic E-state index is 0.545. The molecule has 0 radical (unpaired) electrons. The average Bonchev–Trinajstić information content (AvgIpc) is 2.71. The van der Waals surface area contributed by atoms with Crippen LogP contribution in [0.25, 0.3) is 0 Å². The Morgan fingerprint density at radius 1 is 1.54 bits per heavy atom. The first kappa shape index (κ1) is 8.18. The van der Waals surface area contributed by atoms with Gasteiger partial charge in [-0.2, -0.15) is 4.37 Å². The smallest absolute Gasteiger partial charge is 0.213 e. The summed E-state index contributed by atoms with van der Waals surface area (Å²) in [4.78, 5) is 8.01. The first-order valence-electron chi connectivity index (χ1n) is 3.76. The molecule has 0 fully saturated rings. The normalized spacial score (nSPS) is 10.2. The van der Waals surface area contributed by atoms with Crippen molar-refractivity contribution in [2.45, 2.75) is 13.5 Å². The van der Waals surface area contributed by atoms with Crippen LogP contribution in [0.4, 0.5) is 5.13 Å². The number of oxazole rings is 1. The van der Waals surface area contributed by atoms with Crippen LogP contribution < -0.4 is 5.32 Å². The Labute approximate surface area is 79.0 Å². The summed E-state index contributed by atoms with van der Waals surface area (Å²) in [6.07, 6.45) is 3.20. The third-order valence-corrected chi connectivity index (χ3v) is 2.04. The molecule has 2 rings (SSSR count). The summed E-state index contributed by atoms with van der Waals surface area (Å²) < 4.78 is 9.12. The lowest BCUT2D eigenvalue weighted by molar-refractivity contribution is 0.479. The van der Waals surface area contributed by atoms with Gasteiger partial charge in [0.2, 0.25) is 11.0 Å². The molecular formula is C7H8N4OS. The van der Waals surface area contributed by atoms with Gasteiger partial charge in [-0.3, -0.25) is 0 Å². The van der Waals surface area contributed by atoms with E-state index in [-0.39, 0.29) is 0 Å². The van der Waals surface area contributed by atoms with E-state index in [9.17, 15) is 0 Å². The van der Waals surface area contributed by atoms with Gasteiger partial charge in [-0.25, -0.2) is 9.97 Å². The van der Waals surface area contributed by atoms with Crippen molar-refractivity contribution in [3.05, 3.63) is 24.2 Å². The maximum atomic E-state index is 5.26. The number of rotatable bonds is 3. The van der Waals surface area contributed by atoms with E-state index in [0.29, 0.717) is 12.4 Å². The number of hydrogen-bond acceptors (Lipinski definition) is 6. The molecule has 0 spiro atoms. The van der Waals surface area contributed by atoms with Crippen molar-refractivity contribution in [3.8, 4) is 0 Å². The van der Waals surface area contributed by atoms with Crippen LogP contribution in [0.5, 0.6) is 0 Å². The lowest BCUT2D eigenvalue weighted by atomic mass is 10.6. The molecule has 0 atom stereocenters. The van der Waals surface area contributed by atoms with Crippen LogP contribution in [0.1, 0.15) is 11.7 Å². The molecule has 0 aromatic carbocycles. The van der Waals surface area contributed by atoms with Gasteiger partial charge in [-0.1, -0.05) is 0 Å². The summed E-state index contributed by atoms with van der Waals surface area (Å²) in [6.45, 7) is 2.41. The van der Waals surface area contributed by atoms with Crippen LogP contribution in [0.3, 0.4) is 0 Å². The predicted molar refractivity (Wildman–Crippen MR) is 48.5 cm³/mol. The second-order valence-corrected chi connectivity index (χ2v) is 3.24. The molecule has 68 valence electrons. The number of hydrogen-bond donors (Lipinski definition) is 1. The Bertz CT molecular complexity index is 370. The fraction of sp³-hybridized carbons (Fsp3) is 0.286. The Morgan fingerprint density at radius 3 is 3.08 bits per heavy atom. The topological polar surface area (TPSA) is 63.8 Å². The summed E-state index contributed by atoms with van der Waals surface area (Å²) in [6, 6.07) is 0. The summed E-state index contributed by atoms with van der Waals surface area (Å²) >= 11 is 1.31. The largest absolute Gasteiger partial charge is 0.444 e. The van der Waals surface area contributed by atoms with E-state index >= 15 is 0 Å². The highest BCUT2D eigenvalue weighted by molar-refractivity contribution is 7.09. The van der Waals surface area contributed by atoms with Gasteiger partial charge in [0, 0.05) is 11.5 Å². The van der Waals surface area contributed by atoms with Gasteiger partial charge in [-0.15, -0.1) is 0 Å². The zero-order chi connectivity index (χ0) is 9.10. The molecule has 0 aliphatic rings. The lowest BCUT2D eigenvalue weighted by Crippen LogP contribution is -1.98. The number of aryl methyl sites for hydroxylation is 1. The van der Waals surface area contributed by atoms with Gasteiger partial charge in [-0.05, 0) is 6.92 Å². The third kappa shape index (κ3) is 2.03.